The fraction of sp³-hybridized carbons (Fsp3) is 0.833. The first-order valence-electron chi connectivity index (χ1n) is 6.37. The Morgan fingerprint density at radius 1 is 1.00 bits per heavy atom. The Hall–Kier alpha value is -1.22. The number of rotatable bonds is 9. The van der Waals surface area contributed by atoms with E-state index in [0.717, 1.165) is 0 Å². The van der Waals surface area contributed by atoms with Crippen LogP contribution in [0.15, 0.2) is 0 Å². The van der Waals surface area contributed by atoms with Gasteiger partial charge in [-0.1, -0.05) is 13.8 Å². The Morgan fingerprint density at radius 2 is 1.55 bits per heavy atom. The summed E-state index contributed by atoms with van der Waals surface area (Å²) in [4.78, 5) is 22.0. The van der Waals surface area contributed by atoms with E-state index in [4.69, 9.17) is 9.84 Å². The molecule has 8 nitrogen and oxygen atoms in total. The van der Waals surface area contributed by atoms with Crippen LogP contribution in [0.1, 0.15) is 26.7 Å². The zero-order valence-corrected chi connectivity index (χ0v) is 11.6. The van der Waals surface area contributed by atoms with E-state index in [-0.39, 0.29) is 12.8 Å². The zero-order valence-electron chi connectivity index (χ0n) is 11.6. The van der Waals surface area contributed by atoms with Gasteiger partial charge in [0, 0.05) is 12.8 Å². The van der Waals surface area contributed by atoms with E-state index in [1.807, 2.05) is 0 Å². The van der Waals surface area contributed by atoms with Gasteiger partial charge in [0.15, 0.2) is 6.10 Å². The second kappa shape index (κ2) is 9.65. The number of aliphatic hydroxyl groups excluding tert-OH is 4. The predicted molar refractivity (Wildman–Crippen MR) is 66.5 cm³/mol. The lowest BCUT2D eigenvalue weighted by molar-refractivity contribution is -0.173. The van der Waals surface area contributed by atoms with Gasteiger partial charge in [-0.2, -0.15) is 0 Å². The second-order valence-corrected chi connectivity index (χ2v) is 4.15. The zero-order chi connectivity index (χ0) is 15.7. The quantitative estimate of drug-likeness (QED) is 0.371. The fourth-order valence-corrected chi connectivity index (χ4v) is 1.29. The van der Waals surface area contributed by atoms with Crippen LogP contribution in [0.4, 0.5) is 0 Å². The summed E-state index contributed by atoms with van der Waals surface area (Å²) >= 11 is 0. The first-order valence-corrected chi connectivity index (χ1v) is 6.37. The Balaban J connectivity index is 4.43. The molecular formula is C12H22O8. The van der Waals surface area contributed by atoms with Crippen molar-refractivity contribution in [2.24, 2.45) is 0 Å². The lowest BCUT2D eigenvalue weighted by atomic mass is 10.0. The molecular weight excluding hydrogens is 272 g/mol. The van der Waals surface area contributed by atoms with Gasteiger partial charge in [-0.05, 0) is 0 Å². The Bertz CT molecular complexity index is 306. The van der Waals surface area contributed by atoms with Crippen LogP contribution in [0.3, 0.4) is 0 Å². The molecule has 0 heterocycles. The molecule has 0 rings (SSSR count). The first kappa shape index (κ1) is 18.8. The molecule has 0 radical (unpaired) electrons. The van der Waals surface area contributed by atoms with Crippen LogP contribution < -0.4 is 0 Å². The summed E-state index contributed by atoms with van der Waals surface area (Å²) in [6.07, 6.45) is -6.22. The Morgan fingerprint density at radius 3 is 2.00 bits per heavy atom. The predicted octanol–water partition coefficient (Wildman–Crippen LogP) is -1.66. The Labute approximate surface area is 116 Å². The monoisotopic (exact) mass is 294 g/mol. The Kier molecular flexibility index (Phi) is 9.06. The van der Waals surface area contributed by atoms with E-state index in [1.54, 1.807) is 6.92 Å². The van der Waals surface area contributed by atoms with Gasteiger partial charge in [0.25, 0.3) is 0 Å². The third kappa shape index (κ3) is 6.29. The van der Waals surface area contributed by atoms with Crippen molar-refractivity contribution in [3.63, 3.8) is 0 Å². The summed E-state index contributed by atoms with van der Waals surface area (Å²) in [7, 11) is 0. The van der Waals surface area contributed by atoms with Gasteiger partial charge in [-0.3, -0.25) is 9.59 Å². The minimum atomic E-state index is -1.73. The van der Waals surface area contributed by atoms with Gasteiger partial charge in [0.1, 0.15) is 24.9 Å². The molecule has 0 aliphatic heterocycles. The molecule has 20 heavy (non-hydrogen) atoms. The molecule has 0 aliphatic carbocycles. The van der Waals surface area contributed by atoms with Crippen LogP contribution in [0.5, 0.6) is 0 Å². The van der Waals surface area contributed by atoms with Crippen molar-refractivity contribution in [3.05, 3.63) is 0 Å². The van der Waals surface area contributed by atoms with Crippen molar-refractivity contribution < 1.29 is 39.5 Å². The molecule has 0 amide bonds. The maximum Gasteiger partial charge on any atom is 0.305 e. The van der Waals surface area contributed by atoms with Gasteiger partial charge in [-0.25, -0.2) is 0 Å². The molecule has 118 valence electrons. The molecule has 0 aliphatic rings. The van der Waals surface area contributed by atoms with Crippen LogP contribution in [-0.2, 0) is 19.1 Å². The van der Waals surface area contributed by atoms with Crippen LogP contribution in [0.25, 0.3) is 0 Å². The average Bonchev–Trinajstić information content (AvgIpc) is 2.47. The molecule has 0 unspecified atom stereocenters. The van der Waals surface area contributed by atoms with Gasteiger partial charge in [-0.15, -0.1) is 0 Å². The number of aliphatic hydroxyl groups is 4. The SMILES string of the molecule is CCC(=O)OC[C@H](O)[C@H](O)[C@@H](O)[C@@H](CO)OC(=O)CC. The molecule has 0 aromatic heterocycles. The van der Waals surface area contributed by atoms with Gasteiger partial charge < -0.3 is 29.9 Å². The molecule has 0 saturated carbocycles. The molecule has 0 bridgehead atoms. The standard InChI is InChI=1S/C12H22O8/c1-3-9(15)19-6-7(14)11(17)12(18)8(5-13)20-10(16)4-2/h7-8,11-14,17-18H,3-6H2,1-2H3/t7-,8+,11-,12-/m0/s1. The van der Waals surface area contributed by atoms with Crippen molar-refractivity contribution in [3.8, 4) is 0 Å². The maximum atomic E-state index is 11.1. The third-order valence-corrected chi connectivity index (χ3v) is 2.58. The van der Waals surface area contributed by atoms with E-state index in [1.165, 1.54) is 6.92 Å². The fourth-order valence-electron chi connectivity index (χ4n) is 1.29. The summed E-state index contributed by atoms with van der Waals surface area (Å²) in [6, 6.07) is 0. The largest absolute Gasteiger partial charge is 0.463 e. The highest BCUT2D eigenvalue weighted by Gasteiger charge is 2.33. The molecule has 0 aromatic carbocycles. The lowest BCUT2D eigenvalue weighted by Gasteiger charge is -2.27. The summed E-state index contributed by atoms with van der Waals surface area (Å²) in [5, 5.41) is 38.0. The maximum absolute atomic E-state index is 11.1. The molecule has 4 atom stereocenters. The third-order valence-electron chi connectivity index (χ3n) is 2.58. The van der Waals surface area contributed by atoms with E-state index < -0.39 is 49.6 Å². The number of ether oxygens (including phenoxy) is 2. The van der Waals surface area contributed by atoms with E-state index in [0.29, 0.717) is 0 Å². The summed E-state index contributed by atoms with van der Waals surface area (Å²) in [5.41, 5.74) is 0. The molecule has 0 aromatic rings. The van der Waals surface area contributed by atoms with Crippen molar-refractivity contribution in [2.75, 3.05) is 13.2 Å². The van der Waals surface area contributed by atoms with Crippen molar-refractivity contribution in [1.29, 1.82) is 0 Å². The summed E-state index contributed by atoms with van der Waals surface area (Å²) in [6.45, 7) is 1.86. The van der Waals surface area contributed by atoms with Crippen LogP contribution in [0, 0.1) is 0 Å². The molecule has 0 fully saturated rings. The molecule has 8 heteroatoms. The van der Waals surface area contributed by atoms with Gasteiger partial charge in [0.2, 0.25) is 0 Å². The smallest absolute Gasteiger partial charge is 0.305 e. The lowest BCUT2D eigenvalue weighted by Crippen LogP contribution is -2.49. The number of esters is 2. The van der Waals surface area contributed by atoms with E-state index >= 15 is 0 Å². The summed E-state index contributed by atoms with van der Waals surface area (Å²) in [5.74, 6) is -1.23. The van der Waals surface area contributed by atoms with Crippen LogP contribution in [0.2, 0.25) is 0 Å². The molecule has 0 spiro atoms. The minimum absolute atomic E-state index is 0.0377. The van der Waals surface area contributed by atoms with Crippen LogP contribution >= 0.6 is 0 Å². The minimum Gasteiger partial charge on any atom is -0.463 e. The van der Waals surface area contributed by atoms with Gasteiger partial charge in [0.05, 0.1) is 6.61 Å². The number of carbonyl (C=O) groups is 2. The first-order chi connectivity index (χ1) is 9.37. The van der Waals surface area contributed by atoms with E-state index in [2.05, 4.69) is 4.74 Å². The topological polar surface area (TPSA) is 134 Å². The summed E-state index contributed by atoms with van der Waals surface area (Å²) < 4.78 is 9.32. The molecule has 4 N–H and O–H groups in total. The van der Waals surface area contributed by atoms with Crippen molar-refractivity contribution in [1.82, 2.24) is 0 Å². The highest BCUT2D eigenvalue weighted by atomic mass is 16.6. The number of hydrogen-bond acceptors (Lipinski definition) is 8. The molecule has 0 saturated heterocycles. The van der Waals surface area contributed by atoms with Crippen molar-refractivity contribution in [2.45, 2.75) is 51.1 Å². The van der Waals surface area contributed by atoms with Crippen LogP contribution in [-0.4, -0.2) is 70.0 Å². The van der Waals surface area contributed by atoms with Gasteiger partial charge >= 0.3 is 11.9 Å². The van der Waals surface area contributed by atoms with E-state index in [9.17, 15) is 24.9 Å². The number of carbonyl (C=O) groups excluding carboxylic acids is 2. The normalized spacial score (nSPS) is 16.9. The highest BCUT2D eigenvalue weighted by Crippen LogP contribution is 2.10. The average molecular weight is 294 g/mol. The number of hydrogen-bond donors (Lipinski definition) is 4. The second-order valence-electron chi connectivity index (χ2n) is 4.15. The highest BCUT2D eigenvalue weighted by molar-refractivity contribution is 5.69. The van der Waals surface area contributed by atoms with Crippen molar-refractivity contribution >= 4 is 11.9 Å².